The van der Waals surface area contributed by atoms with Crippen molar-refractivity contribution < 1.29 is 18.7 Å². The second kappa shape index (κ2) is 6.00. The number of anilines is 1. The molecule has 1 unspecified atom stereocenters. The molecule has 104 valence electrons. The smallest absolute Gasteiger partial charge is 0.330 e. The van der Waals surface area contributed by atoms with Crippen molar-refractivity contribution in [3.05, 3.63) is 64.1 Å². The molecule has 1 atom stereocenters. The molecule has 0 aliphatic rings. The molecule has 2 rings (SSSR count). The van der Waals surface area contributed by atoms with Crippen molar-refractivity contribution in [1.29, 1.82) is 0 Å². The molecular formula is C14H10BrF2NO2. The largest absolute Gasteiger partial charge is 0.479 e. The number of hydrogen-bond donors (Lipinski definition) is 2. The predicted molar refractivity (Wildman–Crippen MR) is 74.5 cm³/mol. The standard InChI is InChI=1S/C14H10BrF2NO2/c15-9-3-1-2-4-12(9)18-13(14(19)20)8-5-6-10(16)11(17)7-8/h1-7,13,18H,(H,19,20). The Hall–Kier alpha value is -1.95. The summed E-state index contributed by atoms with van der Waals surface area (Å²) in [5.41, 5.74) is 0.678. The maximum absolute atomic E-state index is 13.2. The fourth-order valence-corrected chi connectivity index (χ4v) is 2.11. The van der Waals surface area contributed by atoms with Gasteiger partial charge in [-0.05, 0) is 45.8 Å². The minimum absolute atomic E-state index is 0.132. The Kier molecular flexibility index (Phi) is 4.34. The van der Waals surface area contributed by atoms with Gasteiger partial charge in [0, 0.05) is 10.2 Å². The Morgan fingerprint density at radius 3 is 2.45 bits per heavy atom. The number of halogens is 3. The molecule has 0 radical (unpaired) electrons. The van der Waals surface area contributed by atoms with Crippen molar-refractivity contribution in [3.63, 3.8) is 0 Å². The molecular weight excluding hydrogens is 332 g/mol. The van der Waals surface area contributed by atoms with Crippen molar-refractivity contribution in [2.24, 2.45) is 0 Å². The van der Waals surface area contributed by atoms with Crippen LogP contribution in [-0.2, 0) is 4.79 Å². The van der Waals surface area contributed by atoms with Gasteiger partial charge in [-0.1, -0.05) is 18.2 Å². The van der Waals surface area contributed by atoms with Crippen LogP contribution in [0.15, 0.2) is 46.9 Å². The molecule has 0 bridgehead atoms. The first-order valence-corrected chi connectivity index (χ1v) is 6.47. The second-order valence-corrected chi connectivity index (χ2v) is 4.92. The molecule has 2 N–H and O–H groups in total. The zero-order chi connectivity index (χ0) is 14.7. The minimum atomic E-state index is -1.19. The van der Waals surface area contributed by atoms with Gasteiger partial charge in [-0.2, -0.15) is 0 Å². The molecule has 0 aliphatic carbocycles. The quantitative estimate of drug-likeness (QED) is 0.884. The van der Waals surface area contributed by atoms with Crippen molar-refractivity contribution >= 4 is 27.6 Å². The Morgan fingerprint density at radius 1 is 1.15 bits per heavy atom. The van der Waals surface area contributed by atoms with Crippen molar-refractivity contribution in [3.8, 4) is 0 Å². The lowest BCUT2D eigenvalue weighted by molar-refractivity contribution is -0.138. The highest BCUT2D eigenvalue weighted by atomic mass is 79.9. The summed E-state index contributed by atoms with van der Waals surface area (Å²) in [5, 5.41) is 12.0. The summed E-state index contributed by atoms with van der Waals surface area (Å²) in [6.45, 7) is 0. The first-order valence-electron chi connectivity index (χ1n) is 5.68. The van der Waals surface area contributed by atoms with E-state index in [0.29, 0.717) is 10.2 Å². The van der Waals surface area contributed by atoms with E-state index in [2.05, 4.69) is 21.2 Å². The van der Waals surface area contributed by atoms with Crippen molar-refractivity contribution in [1.82, 2.24) is 0 Å². The molecule has 6 heteroatoms. The molecule has 0 amide bonds. The highest BCUT2D eigenvalue weighted by Crippen LogP contribution is 2.27. The SMILES string of the molecule is O=C(O)C(Nc1ccccc1Br)c1ccc(F)c(F)c1. The molecule has 3 nitrogen and oxygen atoms in total. The summed E-state index contributed by atoms with van der Waals surface area (Å²) in [5.74, 6) is -3.28. The molecule has 0 saturated carbocycles. The zero-order valence-electron chi connectivity index (χ0n) is 10.1. The molecule has 0 fully saturated rings. The maximum Gasteiger partial charge on any atom is 0.330 e. The number of nitrogens with one attached hydrogen (secondary N) is 1. The van der Waals surface area contributed by atoms with E-state index in [0.717, 1.165) is 12.1 Å². The predicted octanol–water partition coefficient (Wildman–Crippen LogP) is 3.97. The van der Waals surface area contributed by atoms with Crippen LogP contribution < -0.4 is 5.32 Å². The van der Waals surface area contributed by atoms with Crippen molar-refractivity contribution in [2.45, 2.75) is 6.04 Å². The van der Waals surface area contributed by atoms with Gasteiger partial charge < -0.3 is 10.4 Å². The van der Waals surface area contributed by atoms with E-state index in [1.807, 2.05) is 0 Å². The summed E-state index contributed by atoms with van der Waals surface area (Å²) in [4.78, 5) is 11.3. The third-order valence-corrected chi connectivity index (χ3v) is 3.39. The average Bonchev–Trinajstić information content (AvgIpc) is 2.41. The van der Waals surface area contributed by atoms with Gasteiger partial charge in [-0.15, -0.1) is 0 Å². The number of carboxylic acid groups (broad SMARTS) is 1. The van der Waals surface area contributed by atoms with Crippen LogP contribution in [0.3, 0.4) is 0 Å². The molecule has 2 aromatic carbocycles. The lowest BCUT2D eigenvalue weighted by Crippen LogP contribution is -2.21. The van der Waals surface area contributed by atoms with Crippen LogP contribution in [-0.4, -0.2) is 11.1 Å². The number of carboxylic acids is 1. The van der Waals surface area contributed by atoms with Gasteiger partial charge in [-0.25, -0.2) is 13.6 Å². The zero-order valence-corrected chi connectivity index (χ0v) is 11.7. The Bertz CT molecular complexity index is 649. The van der Waals surface area contributed by atoms with E-state index in [1.54, 1.807) is 24.3 Å². The van der Waals surface area contributed by atoms with Crippen molar-refractivity contribution in [2.75, 3.05) is 5.32 Å². The highest BCUT2D eigenvalue weighted by Gasteiger charge is 2.21. The summed E-state index contributed by atoms with van der Waals surface area (Å²) in [6, 6.07) is 8.77. The fourth-order valence-electron chi connectivity index (χ4n) is 1.71. The third-order valence-electron chi connectivity index (χ3n) is 2.70. The van der Waals surface area contributed by atoms with Gasteiger partial charge in [0.25, 0.3) is 0 Å². The Morgan fingerprint density at radius 2 is 1.85 bits per heavy atom. The van der Waals surface area contributed by atoms with E-state index < -0.39 is 23.6 Å². The highest BCUT2D eigenvalue weighted by molar-refractivity contribution is 9.10. The summed E-state index contributed by atoms with van der Waals surface area (Å²) in [6.07, 6.45) is 0. The minimum Gasteiger partial charge on any atom is -0.479 e. The van der Waals surface area contributed by atoms with Gasteiger partial charge in [-0.3, -0.25) is 0 Å². The lowest BCUT2D eigenvalue weighted by Gasteiger charge is -2.17. The van der Waals surface area contributed by atoms with Gasteiger partial charge >= 0.3 is 5.97 Å². The average molecular weight is 342 g/mol. The molecule has 20 heavy (non-hydrogen) atoms. The van der Waals surface area contributed by atoms with Gasteiger partial charge in [0.2, 0.25) is 0 Å². The van der Waals surface area contributed by atoms with E-state index >= 15 is 0 Å². The van der Waals surface area contributed by atoms with Gasteiger partial charge in [0.15, 0.2) is 17.7 Å². The third kappa shape index (κ3) is 3.14. The second-order valence-electron chi connectivity index (χ2n) is 4.07. The number of hydrogen-bond acceptors (Lipinski definition) is 2. The molecule has 0 saturated heterocycles. The van der Waals surface area contributed by atoms with Crippen LogP contribution in [0.25, 0.3) is 0 Å². The summed E-state index contributed by atoms with van der Waals surface area (Å²) >= 11 is 3.28. The molecule has 0 spiro atoms. The molecule has 0 heterocycles. The van der Waals surface area contributed by atoms with Crippen LogP contribution in [0.4, 0.5) is 14.5 Å². The fraction of sp³-hybridized carbons (Fsp3) is 0.0714. The van der Waals surface area contributed by atoms with E-state index in [4.69, 9.17) is 0 Å². The lowest BCUT2D eigenvalue weighted by atomic mass is 10.1. The van der Waals surface area contributed by atoms with Crippen LogP contribution in [0.2, 0.25) is 0 Å². The topological polar surface area (TPSA) is 49.3 Å². The van der Waals surface area contributed by atoms with E-state index in [9.17, 15) is 18.7 Å². The molecule has 0 aromatic heterocycles. The summed E-state index contributed by atoms with van der Waals surface area (Å²) < 4.78 is 26.8. The van der Waals surface area contributed by atoms with Crippen LogP contribution in [0, 0.1) is 11.6 Å². The monoisotopic (exact) mass is 341 g/mol. The number of para-hydroxylation sites is 1. The molecule has 2 aromatic rings. The van der Waals surface area contributed by atoms with Crippen LogP contribution in [0.5, 0.6) is 0 Å². The Balaban J connectivity index is 2.34. The molecule has 0 aliphatic heterocycles. The van der Waals surface area contributed by atoms with E-state index in [-0.39, 0.29) is 5.56 Å². The van der Waals surface area contributed by atoms with Gasteiger partial charge in [0.05, 0.1) is 0 Å². The normalized spacial score (nSPS) is 11.9. The number of carbonyl (C=O) groups is 1. The number of rotatable bonds is 4. The summed E-state index contributed by atoms with van der Waals surface area (Å²) in [7, 11) is 0. The van der Waals surface area contributed by atoms with Crippen LogP contribution in [0.1, 0.15) is 11.6 Å². The number of benzene rings is 2. The first-order chi connectivity index (χ1) is 9.49. The maximum atomic E-state index is 13.2. The number of aliphatic carboxylic acids is 1. The first kappa shape index (κ1) is 14.5. The van der Waals surface area contributed by atoms with Gasteiger partial charge in [0.1, 0.15) is 0 Å². The Labute approximate surface area is 122 Å². The van der Waals surface area contributed by atoms with E-state index in [1.165, 1.54) is 6.07 Å². The van der Waals surface area contributed by atoms with Crippen LogP contribution >= 0.6 is 15.9 Å².